The van der Waals surface area contributed by atoms with Crippen LogP contribution < -0.4 is 4.74 Å². The van der Waals surface area contributed by atoms with Crippen LogP contribution in [0.25, 0.3) is 11.1 Å². The normalized spacial score (nSPS) is 15.3. The zero-order valence-electron chi connectivity index (χ0n) is 17.3. The molecule has 1 heterocycles. The summed E-state index contributed by atoms with van der Waals surface area (Å²) in [6, 6.07) is 18.2. The molecule has 1 atom stereocenters. The van der Waals surface area contributed by atoms with E-state index in [2.05, 4.69) is 17.0 Å². The zero-order chi connectivity index (χ0) is 22.7. The van der Waals surface area contributed by atoms with Crippen LogP contribution in [0.1, 0.15) is 16.7 Å². The van der Waals surface area contributed by atoms with Gasteiger partial charge in [-0.1, -0.05) is 48.0 Å². The van der Waals surface area contributed by atoms with Gasteiger partial charge in [-0.3, -0.25) is 4.90 Å². The molecule has 0 aromatic heterocycles. The van der Waals surface area contributed by atoms with Gasteiger partial charge in [-0.05, 0) is 53.4 Å². The largest absolute Gasteiger partial charge is 0.491 e. The Morgan fingerprint density at radius 1 is 1.00 bits per heavy atom. The fourth-order valence-corrected chi connectivity index (χ4v) is 4.16. The quantitative estimate of drug-likeness (QED) is 0.501. The van der Waals surface area contributed by atoms with Crippen LogP contribution in [-0.2, 0) is 19.1 Å². The smallest absolute Gasteiger partial charge is 0.416 e. The Bertz CT molecular complexity index is 1090. The first-order valence-electron chi connectivity index (χ1n) is 10.4. The van der Waals surface area contributed by atoms with Gasteiger partial charge in [-0.2, -0.15) is 13.2 Å². The van der Waals surface area contributed by atoms with Gasteiger partial charge in [0.05, 0.1) is 5.56 Å². The predicted molar refractivity (Wildman–Crippen MR) is 119 cm³/mol. The van der Waals surface area contributed by atoms with E-state index in [-0.39, 0.29) is 17.2 Å². The fraction of sp³-hybridized carbons (Fsp3) is 0.280. The highest BCUT2D eigenvalue weighted by Gasteiger charge is 2.31. The topological polar surface area (TPSA) is 32.7 Å². The number of ether oxygens (including phenoxy) is 1. The van der Waals surface area contributed by atoms with Crippen LogP contribution in [0.4, 0.5) is 13.2 Å². The van der Waals surface area contributed by atoms with Crippen LogP contribution in [0.3, 0.4) is 0 Å². The molecule has 0 spiro atoms. The van der Waals surface area contributed by atoms with Crippen molar-refractivity contribution in [3.8, 4) is 16.9 Å². The second-order valence-corrected chi connectivity index (χ2v) is 8.35. The Morgan fingerprint density at radius 2 is 1.78 bits per heavy atom. The van der Waals surface area contributed by atoms with E-state index >= 15 is 0 Å². The molecule has 3 nitrogen and oxygen atoms in total. The molecule has 32 heavy (non-hydrogen) atoms. The minimum atomic E-state index is -4.45. The van der Waals surface area contributed by atoms with E-state index in [9.17, 15) is 18.3 Å². The highest BCUT2D eigenvalue weighted by Crippen LogP contribution is 2.36. The number of β-amino-alcohol motifs (C(OH)–C–C–N with tert-alkyl or cyclic N) is 1. The van der Waals surface area contributed by atoms with Crippen molar-refractivity contribution in [3.05, 3.63) is 88.4 Å². The Labute approximate surface area is 190 Å². The third kappa shape index (κ3) is 5.44. The van der Waals surface area contributed by atoms with Crippen LogP contribution in [0.2, 0.25) is 5.02 Å². The molecule has 4 rings (SSSR count). The number of alkyl halides is 3. The third-order valence-electron chi connectivity index (χ3n) is 5.56. The van der Waals surface area contributed by atoms with Crippen LogP contribution in [-0.4, -0.2) is 35.8 Å². The average molecular weight is 462 g/mol. The average Bonchev–Trinajstić information content (AvgIpc) is 2.77. The summed E-state index contributed by atoms with van der Waals surface area (Å²) in [6.45, 7) is 2.22. The molecule has 1 aliphatic rings. The number of aliphatic hydroxyl groups excluding tert-OH is 1. The van der Waals surface area contributed by atoms with Crippen molar-refractivity contribution in [2.24, 2.45) is 0 Å². The van der Waals surface area contributed by atoms with Gasteiger partial charge in [0.15, 0.2) is 0 Å². The Hall–Kier alpha value is -2.54. The highest BCUT2D eigenvalue weighted by molar-refractivity contribution is 6.33. The summed E-state index contributed by atoms with van der Waals surface area (Å²) in [5.41, 5.74) is 2.65. The number of rotatable bonds is 6. The molecule has 1 aliphatic heterocycles. The predicted octanol–water partition coefficient (Wildman–Crippen LogP) is 5.82. The zero-order valence-corrected chi connectivity index (χ0v) is 18.0. The Balaban J connectivity index is 1.39. The molecule has 0 radical (unpaired) electrons. The number of benzene rings is 3. The molecular weight excluding hydrogens is 439 g/mol. The van der Waals surface area contributed by atoms with E-state index in [0.717, 1.165) is 31.6 Å². The van der Waals surface area contributed by atoms with E-state index in [4.69, 9.17) is 16.3 Å². The highest BCUT2D eigenvalue weighted by atomic mass is 35.5. The number of halogens is 4. The molecule has 3 aromatic rings. The van der Waals surface area contributed by atoms with Gasteiger partial charge < -0.3 is 9.84 Å². The minimum absolute atomic E-state index is 0.0813. The van der Waals surface area contributed by atoms with Crippen LogP contribution >= 0.6 is 11.6 Å². The molecular formula is C25H23ClF3NO2. The molecule has 0 aliphatic carbocycles. The molecule has 1 unspecified atom stereocenters. The fourth-order valence-electron chi connectivity index (χ4n) is 3.93. The molecule has 0 saturated heterocycles. The number of hydrogen-bond acceptors (Lipinski definition) is 3. The van der Waals surface area contributed by atoms with E-state index in [1.807, 2.05) is 12.1 Å². The lowest BCUT2D eigenvalue weighted by atomic mass is 10.00. The van der Waals surface area contributed by atoms with Crippen molar-refractivity contribution in [1.82, 2.24) is 4.90 Å². The molecule has 0 fully saturated rings. The summed E-state index contributed by atoms with van der Waals surface area (Å²) in [4.78, 5) is 2.19. The summed E-state index contributed by atoms with van der Waals surface area (Å²) in [5, 5.41) is 10.7. The SMILES string of the molecule is OC(COc1cccc(-c2cc(C(F)(F)F)ccc2Cl)c1)CN1CCc2ccccc2C1. The monoisotopic (exact) mass is 461 g/mol. The van der Waals surface area contributed by atoms with Gasteiger partial charge in [0.2, 0.25) is 0 Å². The first-order chi connectivity index (χ1) is 15.3. The second-order valence-electron chi connectivity index (χ2n) is 7.94. The van der Waals surface area contributed by atoms with E-state index in [1.165, 1.54) is 17.2 Å². The van der Waals surface area contributed by atoms with E-state index in [1.54, 1.807) is 24.3 Å². The first kappa shape index (κ1) is 22.6. The number of hydrogen-bond donors (Lipinski definition) is 1. The van der Waals surface area contributed by atoms with E-state index in [0.29, 0.717) is 17.9 Å². The lowest BCUT2D eigenvalue weighted by molar-refractivity contribution is -0.137. The standard InChI is InChI=1S/C25H23ClF3NO2/c26-24-9-8-20(25(27,28)29)13-23(24)18-6-3-7-22(12-18)32-16-21(31)15-30-11-10-17-4-1-2-5-19(17)14-30/h1-9,12-13,21,31H,10-11,14-16H2. The third-order valence-corrected chi connectivity index (χ3v) is 5.89. The van der Waals surface area contributed by atoms with Crippen LogP contribution in [0.15, 0.2) is 66.7 Å². The molecule has 0 saturated carbocycles. The van der Waals surface area contributed by atoms with Crippen molar-refractivity contribution in [2.75, 3.05) is 19.7 Å². The minimum Gasteiger partial charge on any atom is -0.491 e. The molecule has 1 N–H and O–H groups in total. The van der Waals surface area contributed by atoms with Gasteiger partial charge >= 0.3 is 6.18 Å². The Kier molecular flexibility index (Phi) is 6.74. The summed E-state index contributed by atoms with van der Waals surface area (Å²) in [6.07, 6.45) is -4.20. The van der Waals surface area contributed by atoms with E-state index < -0.39 is 17.8 Å². The maximum absolute atomic E-state index is 13.1. The van der Waals surface area contributed by atoms with Gasteiger partial charge in [0, 0.05) is 30.2 Å². The van der Waals surface area contributed by atoms with Crippen molar-refractivity contribution in [3.63, 3.8) is 0 Å². The van der Waals surface area contributed by atoms with Gasteiger partial charge in [-0.25, -0.2) is 0 Å². The maximum Gasteiger partial charge on any atom is 0.416 e. The second kappa shape index (κ2) is 9.53. The number of fused-ring (bicyclic) bond motifs is 1. The van der Waals surface area contributed by atoms with Crippen molar-refractivity contribution in [1.29, 1.82) is 0 Å². The number of aliphatic hydroxyl groups is 1. The molecule has 3 aromatic carbocycles. The number of nitrogens with zero attached hydrogens (tertiary/aromatic N) is 1. The van der Waals surface area contributed by atoms with Crippen molar-refractivity contribution >= 4 is 11.6 Å². The maximum atomic E-state index is 13.1. The summed E-state index contributed by atoms with van der Waals surface area (Å²) in [5.74, 6) is 0.457. The van der Waals surface area contributed by atoms with Crippen molar-refractivity contribution in [2.45, 2.75) is 25.2 Å². The first-order valence-corrected chi connectivity index (χ1v) is 10.7. The van der Waals surface area contributed by atoms with Gasteiger partial charge in [0.1, 0.15) is 18.5 Å². The summed E-state index contributed by atoms with van der Waals surface area (Å²) < 4.78 is 45.0. The molecule has 7 heteroatoms. The summed E-state index contributed by atoms with van der Waals surface area (Å²) in [7, 11) is 0. The molecule has 0 amide bonds. The molecule has 0 bridgehead atoms. The summed E-state index contributed by atoms with van der Waals surface area (Å²) >= 11 is 6.15. The lowest BCUT2D eigenvalue weighted by Gasteiger charge is -2.30. The van der Waals surface area contributed by atoms with Gasteiger partial charge in [-0.15, -0.1) is 0 Å². The molecule has 168 valence electrons. The Morgan fingerprint density at radius 3 is 2.56 bits per heavy atom. The van der Waals surface area contributed by atoms with Crippen LogP contribution in [0, 0.1) is 0 Å². The lowest BCUT2D eigenvalue weighted by Crippen LogP contribution is -2.38. The van der Waals surface area contributed by atoms with Gasteiger partial charge in [0.25, 0.3) is 0 Å². The van der Waals surface area contributed by atoms with Crippen molar-refractivity contribution < 1.29 is 23.0 Å². The van der Waals surface area contributed by atoms with Crippen LogP contribution in [0.5, 0.6) is 5.75 Å².